The maximum Gasteiger partial charge on any atom is 0.296 e. The van der Waals surface area contributed by atoms with Crippen molar-refractivity contribution >= 4 is 34.7 Å². The highest BCUT2D eigenvalue weighted by molar-refractivity contribution is 6.46. The zero-order valence-corrected chi connectivity index (χ0v) is 17.8. The van der Waals surface area contributed by atoms with Crippen LogP contribution < -0.4 is 4.90 Å². The number of carbonyl (C=O) groups excluding carboxylic acids is 2. The highest BCUT2D eigenvalue weighted by atomic mass is 35.5. The third-order valence-electron chi connectivity index (χ3n) is 5.29. The number of nitrogens with zero attached hydrogens (tertiary/aromatic N) is 2. The SMILES string of the molecule is CN(C)c1ccc([C@@H]2C(=C(O)c3ccc(Cl)cc3)C(=O)C(=O)N2Cc2ccco2)cc1. The molecule has 1 atom stereocenters. The Balaban J connectivity index is 1.84. The van der Waals surface area contributed by atoms with E-state index in [0.29, 0.717) is 21.9 Å². The predicted molar refractivity (Wildman–Crippen MR) is 119 cm³/mol. The summed E-state index contributed by atoms with van der Waals surface area (Å²) >= 11 is 5.95. The summed E-state index contributed by atoms with van der Waals surface area (Å²) < 4.78 is 5.40. The van der Waals surface area contributed by atoms with E-state index in [1.807, 2.05) is 43.3 Å². The van der Waals surface area contributed by atoms with Crippen LogP contribution in [0.1, 0.15) is 22.9 Å². The molecule has 6 nitrogen and oxygen atoms in total. The monoisotopic (exact) mass is 436 g/mol. The topological polar surface area (TPSA) is 74.0 Å². The lowest BCUT2D eigenvalue weighted by molar-refractivity contribution is -0.140. The van der Waals surface area contributed by atoms with Gasteiger partial charge in [0.05, 0.1) is 24.4 Å². The van der Waals surface area contributed by atoms with Gasteiger partial charge < -0.3 is 19.3 Å². The maximum atomic E-state index is 13.0. The lowest BCUT2D eigenvalue weighted by atomic mass is 9.95. The Bertz CT molecular complexity index is 1130. The van der Waals surface area contributed by atoms with Gasteiger partial charge in [-0.2, -0.15) is 0 Å². The molecule has 0 spiro atoms. The highest BCUT2D eigenvalue weighted by Gasteiger charge is 2.46. The van der Waals surface area contributed by atoms with Gasteiger partial charge in [0.25, 0.3) is 11.7 Å². The molecule has 1 N–H and O–H groups in total. The largest absolute Gasteiger partial charge is 0.507 e. The predicted octanol–water partition coefficient (Wildman–Crippen LogP) is 4.62. The van der Waals surface area contributed by atoms with E-state index in [0.717, 1.165) is 5.69 Å². The number of aliphatic hydroxyl groups excluding tert-OH is 1. The molecule has 1 saturated heterocycles. The third-order valence-corrected chi connectivity index (χ3v) is 5.54. The summed E-state index contributed by atoms with van der Waals surface area (Å²) in [4.78, 5) is 29.3. The van der Waals surface area contributed by atoms with E-state index in [9.17, 15) is 14.7 Å². The van der Waals surface area contributed by atoms with Crippen molar-refractivity contribution in [3.05, 3.63) is 94.4 Å². The molecule has 4 rings (SSSR count). The molecular formula is C24H21ClN2O4. The number of benzene rings is 2. The lowest BCUT2D eigenvalue weighted by Gasteiger charge is -2.25. The number of furan rings is 1. The molecule has 2 aromatic carbocycles. The number of rotatable bonds is 5. The minimum atomic E-state index is -0.753. The molecule has 1 fully saturated rings. The summed E-state index contributed by atoms with van der Waals surface area (Å²) in [5, 5.41) is 11.5. The van der Waals surface area contributed by atoms with Crippen LogP contribution in [0.3, 0.4) is 0 Å². The number of likely N-dealkylation sites (tertiary alicyclic amines) is 1. The first-order valence-electron chi connectivity index (χ1n) is 9.71. The van der Waals surface area contributed by atoms with Gasteiger partial charge in [0.15, 0.2) is 0 Å². The van der Waals surface area contributed by atoms with Crippen molar-refractivity contribution in [3.8, 4) is 0 Å². The van der Waals surface area contributed by atoms with E-state index in [-0.39, 0.29) is 17.9 Å². The normalized spacial score (nSPS) is 17.9. The molecule has 3 aromatic rings. The molecule has 0 unspecified atom stereocenters. The van der Waals surface area contributed by atoms with Gasteiger partial charge in [0, 0.05) is 30.4 Å². The third kappa shape index (κ3) is 3.94. The summed E-state index contributed by atoms with van der Waals surface area (Å²) in [7, 11) is 3.86. The number of ketones is 1. The molecule has 31 heavy (non-hydrogen) atoms. The highest BCUT2D eigenvalue weighted by Crippen LogP contribution is 2.40. The molecule has 0 bridgehead atoms. The molecule has 2 heterocycles. The Morgan fingerprint density at radius 2 is 1.74 bits per heavy atom. The van der Waals surface area contributed by atoms with E-state index in [1.165, 1.54) is 11.2 Å². The second-order valence-electron chi connectivity index (χ2n) is 7.50. The van der Waals surface area contributed by atoms with E-state index >= 15 is 0 Å². The van der Waals surface area contributed by atoms with Crippen LogP contribution in [0.4, 0.5) is 5.69 Å². The number of hydrogen-bond acceptors (Lipinski definition) is 5. The Morgan fingerprint density at radius 3 is 2.32 bits per heavy atom. The van der Waals surface area contributed by atoms with Crippen LogP contribution in [0.15, 0.2) is 76.9 Å². The lowest BCUT2D eigenvalue weighted by Crippen LogP contribution is -2.29. The number of Topliss-reactive ketones (excluding diaryl/α,β-unsaturated/α-hetero) is 1. The second-order valence-corrected chi connectivity index (χ2v) is 7.94. The van der Waals surface area contributed by atoms with Gasteiger partial charge in [-0.15, -0.1) is 0 Å². The average Bonchev–Trinajstić information content (AvgIpc) is 3.36. The van der Waals surface area contributed by atoms with Crippen molar-refractivity contribution in [1.29, 1.82) is 0 Å². The van der Waals surface area contributed by atoms with E-state index < -0.39 is 17.7 Å². The molecule has 0 aliphatic carbocycles. The zero-order valence-electron chi connectivity index (χ0n) is 17.1. The molecule has 158 valence electrons. The number of halogens is 1. The zero-order chi connectivity index (χ0) is 22.1. The van der Waals surface area contributed by atoms with Gasteiger partial charge in [0.2, 0.25) is 0 Å². The first-order valence-corrected chi connectivity index (χ1v) is 10.1. The summed E-state index contributed by atoms with van der Waals surface area (Å²) in [5.74, 6) is -1.11. The molecule has 7 heteroatoms. The molecule has 1 aliphatic rings. The van der Waals surface area contributed by atoms with Crippen LogP contribution >= 0.6 is 11.6 Å². The van der Waals surface area contributed by atoms with Gasteiger partial charge in [-0.25, -0.2) is 0 Å². The van der Waals surface area contributed by atoms with Gasteiger partial charge >= 0.3 is 0 Å². The van der Waals surface area contributed by atoms with E-state index in [1.54, 1.807) is 36.4 Å². The van der Waals surface area contributed by atoms with Gasteiger partial charge in [-0.1, -0.05) is 23.7 Å². The fraction of sp³-hybridized carbons (Fsp3) is 0.167. The summed E-state index contributed by atoms with van der Waals surface area (Å²) in [6.45, 7) is 0.106. The molecule has 0 saturated carbocycles. The van der Waals surface area contributed by atoms with Crippen LogP contribution in [0, 0.1) is 0 Å². The maximum absolute atomic E-state index is 13.0. The minimum absolute atomic E-state index is 0.0384. The van der Waals surface area contributed by atoms with Crippen molar-refractivity contribution in [3.63, 3.8) is 0 Å². The molecule has 1 amide bonds. The van der Waals surface area contributed by atoms with Gasteiger partial charge in [-0.3, -0.25) is 9.59 Å². The number of carbonyl (C=O) groups is 2. The van der Waals surface area contributed by atoms with Crippen molar-refractivity contribution < 1.29 is 19.1 Å². The molecule has 1 aliphatic heterocycles. The van der Waals surface area contributed by atoms with Crippen molar-refractivity contribution in [1.82, 2.24) is 4.90 Å². The van der Waals surface area contributed by atoms with Crippen LogP contribution in [0.2, 0.25) is 5.02 Å². The number of hydrogen-bond donors (Lipinski definition) is 1. The van der Waals surface area contributed by atoms with Gasteiger partial charge in [0.1, 0.15) is 11.5 Å². The number of amides is 1. The molecular weight excluding hydrogens is 416 g/mol. The summed E-state index contributed by atoms with van der Waals surface area (Å²) in [5.41, 5.74) is 2.14. The fourth-order valence-electron chi connectivity index (χ4n) is 3.68. The molecule has 1 aromatic heterocycles. The quantitative estimate of drug-likeness (QED) is 0.359. The number of anilines is 1. The van der Waals surface area contributed by atoms with Crippen LogP contribution in [-0.2, 0) is 16.1 Å². The summed E-state index contributed by atoms with van der Waals surface area (Å²) in [6.07, 6.45) is 1.51. The smallest absolute Gasteiger partial charge is 0.296 e. The minimum Gasteiger partial charge on any atom is -0.507 e. The average molecular weight is 437 g/mol. The molecule has 0 radical (unpaired) electrons. The Labute approximate surface area is 185 Å². The van der Waals surface area contributed by atoms with E-state index in [4.69, 9.17) is 16.0 Å². The standard InChI is InChI=1S/C24H21ClN2O4/c1-26(2)18-11-7-15(8-12-18)21-20(22(28)16-5-9-17(25)10-6-16)23(29)24(30)27(21)14-19-4-3-13-31-19/h3-13,21,28H,14H2,1-2H3/t21-/m1/s1. The Hall–Kier alpha value is -3.51. The summed E-state index contributed by atoms with van der Waals surface area (Å²) in [6, 6.07) is 16.7. The fourth-order valence-corrected chi connectivity index (χ4v) is 3.80. The first kappa shape index (κ1) is 20.8. The van der Waals surface area contributed by atoms with Crippen LogP contribution in [-0.4, -0.2) is 35.8 Å². The van der Waals surface area contributed by atoms with Gasteiger partial charge in [-0.05, 0) is 54.1 Å². The second kappa shape index (κ2) is 8.32. The Morgan fingerprint density at radius 1 is 1.06 bits per heavy atom. The number of aliphatic hydroxyl groups is 1. The van der Waals surface area contributed by atoms with Crippen LogP contribution in [0.25, 0.3) is 5.76 Å². The van der Waals surface area contributed by atoms with Crippen molar-refractivity contribution in [2.24, 2.45) is 0 Å². The van der Waals surface area contributed by atoms with E-state index in [2.05, 4.69) is 0 Å². The van der Waals surface area contributed by atoms with Crippen molar-refractivity contribution in [2.45, 2.75) is 12.6 Å². The van der Waals surface area contributed by atoms with Crippen molar-refractivity contribution in [2.75, 3.05) is 19.0 Å². The first-order chi connectivity index (χ1) is 14.9. The Kier molecular flexibility index (Phi) is 5.57. The van der Waals surface area contributed by atoms with Crippen LogP contribution in [0.5, 0.6) is 0 Å².